The Kier molecular flexibility index (Phi) is 4.50. The third-order valence-corrected chi connectivity index (χ3v) is 5.06. The van der Waals surface area contributed by atoms with Gasteiger partial charge >= 0.3 is 0 Å². The van der Waals surface area contributed by atoms with Gasteiger partial charge in [-0.1, -0.05) is 26.0 Å². The van der Waals surface area contributed by atoms with Crippen molar-refractivity contribution in [1.82, 2.24) is 4.90 Å². The van der Waals surface area contributed by atoms with Crippen LogP contribution in [0.15, 0.2) is 24.3 Å². The molecule has 112 valence electrons. The molecule has 1 aliphatic carbocycles. The number of nitrogens with zero attached hydrogens (tertiary/aromatic N) is 1. The summed E-state index contributed by atoms with van der Waals surface area (Å²) >= 11 is 0. The first-order chi connectivity index (χ1) is 9.37. The SMILES string of the molecule is CN(Cc1ccc(F)cc1)C1(CN)CCC(C)(C)CC1. The van der Waals surface area contributed by atoms with Crippen LogP contribution in [-0.4, -0.2) is 24.0 Å². The molecule has 0 amide bonds. The summed E-state index contributed by atoms with van der Waals surface area (Å²) in [5.74, 6) is -0.177. The molecule has 1 aliphatic rings. The van der Waals surface area contributed by atoms with Gasteiger partial charge in [-0.05, 0) is 55.8 Å². The van der Waals surface area contributed by atoms with E-state index in [0.29, 0.717) is 12.0 Å². The van der Waals surface area contributed by atoms with Crippen LogP contribution < -0.4 is 5.73 Å². The van der Waals surface area contributed by atoms with Crippen LogP contribution in [0, 0.1) is 11.2 Å². The fourth-order valence-electron chi connectivity index (χ4n) is 3.17. The monoisotopic (exact) mass is 278 g/mol. The molecule has 0 spiro atoms. The minimum absolute atomic E-state index is 0.101. The minimum Gasteiger partial charge on any atom is -0.329 e. The molecule has 0 atom stereocenters. The topological polar surface area (TPSA) is 29.3 Å². The first kappa shape index (κ1) is 15.5. The first-order valence-electron chi connectivity index (χ1n) is 7.53. The highest BCUT2D eigenvalue weighted by Crippen LogP contribution is 2.42. The molecule has 1 saturated carbocycles. The lowest BCUT2D eigenvalue weighted by molar-refractivity contribution is 0.0364. The van der Waals surface area contributed by atoms with Crippen LogP contribution in [0.2, 0.25) is 0 Å². The van der Waals surface area contributed by atoms with Crippen molar-refractivity contribution in [2.24, 2.45) is 11.1 Å². The van der Waals surface area contributed by atoms with E-state index in [-0.39, 0.29) is 11.4 Å². The molecule has 0 heterocycles. The highest BCUT2D eigenvalue weighted by Gasteiger charge is 2.40. The van der Waals surface area contributed by atoms with Crippen molar-refractivity contribution in [2.75, 3.05) is 13.6 Å². The average Bonchev–Trinajstić information content (AvgIpc) is 2.42. The summed E-state index contributed by atoms with van der Waals surface area (Å²) in [4.78, 5) is 2.37. The van der Waals surface area contributed by atoms with Gasteiger partial charge in [0.2, 0.25) is 0 Å². The Labute approximate surface area is 122 Å². The maximum atomic E-state index is 13.0. The van der Waals surface area contributed by atoms with Crippen molar-refractivity contribution in [3.63, 3.8) is 0 Å². The lowest BCUT2D eigenvalue weighted by Gasteiger charge is -2.48. The van der Waals surface area contributed by atoms with Gasteiger partial charge in [0.05, 0.1) is 0 Å². The number of nitrogens with two attached hydrogens (primary N) is 1. The molecule has 0 bridgehead atoms. The van der Waals surface area contributed by atoms with E-state index >= 15 is 0 Å². The Morgan fingerprint density at radius 3 is 2.15 bits per heavy atom. The molecule has 0 saturated heterocycles. The quantitative estimate of drug-likeness (QED) is 0.912. The van der Waals surface area contributed by atoms with Crippen LogP contribution in [0.4, 0.5) is 4.39 Å². The van der Waals surface area contributed by atoms with Gasteiger partial charge in [-0.25, -0.2) is 4.39 Å². The van der Waals surface area contributed by atoms with E-state index in [9.17, 15) is 4.39 Å². The molecule has 0 radical (unpaired) electrons. The van der Waals surface area contributed by atoms with Crippen LogP contribution in [0.3, 0.4) is 0 Å². The summed E-state index contributed by atoms with van der Waals surface area (Å²) < 4.78 is 13.0. The molecular formula is C17H27FN2. The van der Waals surface area contributed by atoms with Crippen molar-refractivity contribution in [1.29, 1.82) is 0 Å². The van der Waals surface area contributed by atoms with Gasteiger partial charge in [0.15, 0.2) is 0 Å². The molecule has 1 aromatic carbocycles. The summed E-state index contributed by atoms with van der Waals surface area (Å²) in [5.41, 5.74) is 7.79. The molecule has 20 heavy (non-hydrogen) atoms. The Morgan fingerprint density at radius 1 is 1.10 bits per heavy atom. The minimum atomic E-state index is -0.177. The van der Waals surface area contributed by atoms with Gasteiger partial charge in [0.1, 0.15) is 5.82 Å². The second-order valence-corrected chi connectivity index (χ2v) is 7.08. The normalized spacial score (nSPS) is 21.1. The molecule has 0 aliphatic heterocycles. The van der Waals surface area contributed by atoms with Crippen LogP contribution in [0.5, 0.6) is 0 Å². The summed E-state index contributed by atoms with van der Waals surface area (Å²) in [6.45, 7) is 6.21. The number of likely N-dealkylation sites (N-methyl/N-ethyl adjacent to an activating group) is 1. The highest BCUT2D eigenvalue weighted by molar-refractivity contribution is 5.16. The van der Waals surface area contributed by atoms with Crippen molar-refractivity contribution in [3.05, 3.63) is 35.6 Å². The molecule has 2 N–H and O–H groups in total. The predicted molar refractivity (Wildman–Crippen MR) is 81.9 cm³/mol. The number of rotatable bonds is 4. The molecular weight excluding hydrogens is 251 g/mol. The first-order valence-corrected chi connectivity index (χ1v) is 7.53. The zero-order chi connectivity index (χ0) is 14.8. The smallest absolute Gasteiger partial charge is 0.123 e. The average molecular weight is 278 g/mol. The lowest BCUT2D eigenvalue weighted by Crippen LogP contribution is -2.54. The van der Waals surface area contributed by atoms with E-state index in [4.69, 9.17) is 5.73 Å². The second-order valence-electron chi connectivity index (χ2n) is 7.08. The summed E-state index contributed by atoms with van der Waals surface area (Å²) in [6, 6.07) is 6.79. The Balaban J connectivity index is 2.06. The van der Waals surface area contributed by atoms with Crippen molar-refractivity contribution >= 4 is 0 Å². The van der Waals surface area contributed by atoms with Gasteiger partial charge in [-0.15, -0.1) is 0 Å². The summed E-state index contributed by atoms with van der Waals surface area (Å²) in [6.07, 6.45) is 4.73. The maximum Gasteiger partial charge on any atom is 0.123 e. The summed E-state index contributed by atoms with van der Waals surface area (Å²) in [5, 5.41) is 0. The van der Waals surface area contributed by atoms with E-state index in [1.807, 2.05) is 12.1 Å². The Bertz CT molecular complexity index is 429. The number of hydrogen-bond acceptors (Lipinski definition) is 2. The van der Waals surface area contributed by atoms with E-state index in [0.717, 1.165) is 24.9 Å². The van der Waals surface area contributed by atoms with Gasteiger partial charge in [0, 0.05) is 18.6 Å². The molecule has 0 unspecified atom stereocenters. The van der Waals surface area contributed by atoms with Gasteiger partial charge < -0.3 is 5.73 Å². The fourth-order valence-corrected chi connectivity index (χ4v) is 3.17. The van der Waals surface area contributed by atoms with Gasteiger partial charge in [-0.3, -0.25) is 4.90 Å². The molecule has 3 heteroatoms. The van der Waals surface area contributed by atoms with Crippen LogP contribution in [-0.2, 0) is 6.54 Å². The van der Waals surface area contributed by atoms with Gasteiger partial charge in [0.25, 0.3) is 0 Å². The molecule has 2 rings (SSSR count). The van der Waals surface area contributed by atoms with Crippen molar-refractivity contribution in [3.8, 4) is 0 Å². The standard InChI is InChI=1S/C17H27FN2/c1-16(2)8-10-17(13-19,11-9-16)20(3)12-14-4-6-15(18)7-5-14/h4-7H,8-13,19H2,1-3H3. The maximum absolute atomic E-state index is 13.0. The second kappa shape index (κ2) is 5.82. The van der Waals surface area contributed by atoms with Crippen LogP contribution in [0.25, 0.3) is 0 Å². The molecule has 0 aromatic heterocycles. The highest BCUT2D eigenvalue weighted by atomic mass is 19.1. The number of hydrogen-bond donors (Lipinski definition) is 1. The Hall–Kier alpha value is -0.930. The molecule has 2 nitrogen and oxygen atoms in total. The van der Waals surface area contributed by atoms with Crippen LogP contribution >= 0.6 is 0 Å². The molecule has 1 aromatic rings. The van der Waals surface area contributed by atoms with Crippen molar-refractivity contribution < 1.29 is 4.39 Å². The van der Waals surface area contributed by atoms with E-state index < -0.39 is 0 Å². The fraction of sp³-hybridized carbons (Fsp3) is 0.647. The van der Waals surface area contributed by atoms with Gasteiger partial charge in [-0.2, -0.15) is 0 Å². The number of halogens is 1. The van der Waals surface area contributed by atoms with Crippen LogP contribution in [0.1, 0.15) is 45.1 Å². The van der Waals surface area contributed by atoms with Crippen molar-refractivity contribution in [2.45, 2.75) is 51.6 Å². The Morgan fingerprint density at radius 2 is 1.65 bits per heavy atom. The number of benzene rings is 1. The third kappa shape index (κ3) is 3.39. The predicted octanol–water partition coefficient (Wildman–Crippen LogP) is 3.56. The van der Waals surface area contributed by atoms with E-state index in [1.165, 1.54) is 25.0 Å². The van der Waals surface area contributed by atoms with E-state index in [2.05, 4.69) is 25.8 Å². The molecule has 1 fully saturated rings. The largest absolute Gasteiger partial charge is 0.329 e. The zero-order valence-corrected chi connectivity index (χ0v) is 13.0. The lowest BCUT2D eigenvalue weighted by atomic mass is 9.68. The van der Waals surface area contributed by atoms with E-state index in [1.54, 1.807) is 0 Å². The zero-order valence-electron chi connectivity index (χ0n) is 13.0. The summed E-state index contributed by atoms with van der Waals surface area (Å²) in [7, 11) is 2.15. The third-order valence-electron chi connectivity index (χ3n) is 5.06.